The molecule has 0 saturated carbocycles. The molecule has 138 valence electrons. The maximum atomic E-state index is 12.7. The first-order chi connectivity index (χ1) is 12.1. The fourth-order valence-electron chi connectivity index (χ4n) is 3.46. The van der Waals surface area contributed by atoms with Crippen molar-refractivity contribution in [2.45, 2.75) is 39.0 Å². The molecule has 1 atom stereocenters. The van der Waals surface area contributed by atoms with Gasteiger partial charge in [-0.05, 0) is 47.2 Å². The highest BCUT2D eigenvalue weighted by atomic mass is 19.4. The van der Waals surface area contributed by atoms with Gasteiger partial charge in [0.25, 0.3) is 0 Å². The molecule has 0 fully saturated rings. The highest BCUT2D eigenvalue weighted by Gasteiger charge is 2.38. The number of alkyl halides is 3. The first-order valence-corrected chi connectivity index (χ1v) is 8.34. The number of hydrogen-bond acceptors (Lipinski definition) is 2. The van der Waals surface area contributed by atoms with Crippen LogP contribution in [0.5, 0.6) is 0 Å². The van der Waals surface area contributed by atoms with Crippen LogP contribution < -0.4 is 5.73 Å². The molecule has 3 rings (SSSR count). The average molecular weight is 363 g/mol. The average Bonchev–Trinajstić information content (AvgIpc) is 2.56. The Balaban J connectivity index is 1.95. The third kappa shape index (κ3) is 3.54. The summed E-state index contributed by atoms with van der Waals surface area (Å²) in [6.07, 6.45) is -3.99. The largest absolute Gasteiger partial charge is 0.441 e. The van der Waals surface area contributed by atoms with Gasteiger partial charge in [0, 0.05) is 5.41 Å². The van der Waals surface area contributed by atoms with E-state index >= 15 is 0 Å². The second-order valence-electron chi connectivity index (χ2n) is 7.29. The molecule has 1 unspecified atom stereocenters. The Morgan fingerprint density at radius 3 is 2.31 bits per heavy atom. The van der Waals surface area contributed by atoms with Gasteiger partial charge in [-0.15, -0.1) is 0 Å². The summed E-state index contributed by atoms with van der Waals surface area (Å²) in [6, 6.07) is 10.7. The summed E-state index contributed by atoms with van der Waals surface area (Å²) in [6.45, 7) is 4.04. The van der Waals surface area contributed by atoms with Gasteiger partial charge in [0.1, 0.15) is 6.10 Å². The number of fused-ring (bicyclic) bond motifs is 1. The van der Waals surface area contributed by atoms with Gasteiger partial charge in [0.05, 0.1) is 5.56 Å². The number of carbonyl (C=O) groups is 1. The molecule has 0 saturated heterocycles. The normalized spacial score (nSPS) is 18.9. The molecule has 1 aliphatic rings. The summed E-state index contributed by atoms with van der Waals surface area (Å²) in [5.41, 5.74) is 7.77. The zero-order valence-corrected chi connectivity index (χ0v) is 14.6. The number of carbonyl (C=O) groups excluding carboxylic acids is 1. The van der Waals surface area contributed by atoms with E-state index in [1.54, 1.807) is 0 Å². The van der Waals surface area contributed by atoms with Gasteiger partial charge < -0.3 is 10.5 Å². The molecule has 0 spiro atoms. The maximum Gasteiger partial charge on any atom is 0.416 e. The van der Waals surface area contributed by atoms with Crippen LogP contribution in [0.25, 0.3) is 11.1 Å². The van der Waals surface area contributed by atoms with Gasteiger partial charge >= 0.3 is 12.3 Å². The van der Waals surface area contributed by atoms with Crippen molar-refractivity contribution in [1.29, 1.82) is 0 Å². The Morgan fingerprint density at radius 1 is 1.12 bits per heavy atom. The molecule has 0 bridgehead atoms. The fraction of sp³-hybridized carbons (Fsp3) is 0.350. The van der Waals surface area contributed by atoms with E-state index in [9.17, 15) is 18.0 Å². The van der Waals surface area contributed by atoms with Gasteiger partial charge in [0.15, 0.2) is 0 Å². The lowest BCUT2D eigenvalue weighted by atomic mass is 9.71. The number of halogens is 3. The molecule has 0 aromatic heterocycles. The summed E-state index contributed by atoms with van der Waals surface area (Å²) in [5, 5.41) is 0. The predicted octanol–water partition coefficient (Wildman–Crippen LogP) is 5.48. The standard InChI is InChI=1S/C20H20F3NO2/c1-19(2)10-9-14-11-13(5-8-16(14)17(19)26-18(24)25)12-3-6-15(7-4-12)20(21,22)23/h3-8,11,17H,9-10H2,1-2H3,(H2,24,25). The van der Waals surface area contributed by atoms with Gasteiger partial charge in [-0.1, -0.05) is 44.2 Å². The van der Waals surface area contributed by atoms with E-state index in [0.29, 0.717) is 5.56 Å². The molecule has 0 aliphatic heterocycles. The molecule has 1 aliphatic carbocycles. The molecule has 6 heteroatoms. The molecule has 2 aromatic rings. The molecule has 0 radical (unpaired) electrons. The maximum absolute atomic E-state index is 12.7. The quantitative estimate of drug-likeness (QED) is 0.768. The van der Waals surface area contributed by atoms with Crippen molar-refractivity contribution in [1.82, 2.24) is 0 Å². The molecular formula is C20H20F3NO2. The Morgan fingerprint density at radius 2 is 1.73 bits per heavy atom. The molecule has 2 N–H and O–H groups in total. The van der Waals surface area contributed by atoms with Crippen LogP contribution in [-0.2, 0) is 17.3 Å². The fourth-order valence-corrected chi connectivity index (χ4v) is 3.46. The van der Waals surface area contributed by atoms with Gasteiger partial charge in [-0.2, -0.15) is 13.2 Å². The molecule has 2 aromatic carbocycles. The number of aryl methyl sites for hydroxylation is 1. The first kappa shape index (κ1) is 18.3. The Bertz CT molecular complexity index is 826. The second kappa shape index (κ2) is 6.34. The molecular weight excluding hydrogens is 343 g/mol. The molecule has 0 heterocycles. The summed E-state index contributed by atoms with van der Waals surface area (Å²) in [5.74, 6) is 0. The number of benzene rings is 2. The first-order valence-electron chi connectivity index (χ1n) is 8.34. The van der Waals surface area contributed by atoms with E-state index in [1.807, 2.05) is 32.0 Å². The van der Waals surface area contributed by atoms with Crippen LogP contribution in [0.2, 0.25) is 0 Å². The highest BCUT2D eigenvalue weighted by Crippen LogP contribution is 2.46. The SMILES string of the molecule is CC1(C)CCc2cc(-c3ccc(C(F)(F)F)cc3)ccc2C1OC(N)=O. The van der Waals surface area contributed by atoms with Crippen LogP contribution in [0.3, 0.4) is 0 Å². The van der Waals surface area contributed by atoms with Crippen molar-refractivity contribution >= 4 is 6.09 Å². The lowest BCUT2D eigenvalue weighted by molar-refractivity contribution is -0.137. The van der Waals surface area contributed by atoms with E-state index in [2.05, 4.69) is 0 Å². The summed E-state index contributed by atoms with van der Waals surface area (Å²) in [7, 11) is 0. The molecule has 26 heavy (non-hydrogen) atoms. The van der Waals surface area contributed by atoms with Crippen LogP contribution >= 0.6 is 0 Å². The van der Waals surface area contributed by atoms with E-state index in [-0.39, 0.29) is 5.41 Å². The van der Waals surface area contributed by atoms with Crippen molar-refractivity contribution in [3.8, 4) is 11.1 Å². The van der Waals surface area contributed by atoms with Gasteiger partial charge in [0.2, 0.25) is 0 Å². The topological polar surface area (TPSA) is 52.3 Å². The predicted molar refractivity (Wildman–Crippen MR) is 92.4 cm³/mol. The lowest BCUT2D eigenvalue weighted by Gasteiger charge is -2.39. The van der Waals surface area contributed by atoms with Gasteiger partial charge in [-0.3, -0.25) is 0 Å². The minimum Gasteiger partial charge on any atom is -0.441 e. The molecule has 3 nitrogen and oxygen atoms in total. The Hall–Kier alpha value is -2.50. The smallest absolute Gasteiger partial charge is 0.416 e. The van der Waals surface area contributed by atoms with Crippen LogP contribution in [0, 0.1) is 5.41 Å². The summed E-state index contributed by atoms with van der Waals surface area (Å²) >= 11 is 0. The van der Waals surface area contributed by atoms with Crippen LogP contribution in [0.1, 0.15) is 43.1 Å². The third-order valence-corrected chi connectivity index (χ3v) is 4.95. The second-order valence-corrected chi connectivity index (χ2v) is 7.29. The van der Waals surface area contributed by atoms with Crippen molar-refractivity contribution in [3.05, 3.63) is 59.2 Å². The number of nitrogens with two attached hydrogens (primary N) is 1. The van der Waals surface area contributed by atoms with Crippen molar-refractivity contribution in [2.24, 2.45) is 11.1 Å². The number of rotatable bonds is 2. The van der Waals surface area contributed by atoms with E-state index in [4.69, 9.17) is 10.5 Å². The summed E-state index contributed by atoms with van der Waals surface area (Å²) < 4.78 is 43.5. The Labute approximate surface area is 150 Å². The van der Waals surface area contributed by atoms with Gasteiger partial charge in [-0.25, -0.2) is 4.79 Å². The molecule has 1 amide bonds. The third-order valence-electron chi connectivity index (χ3n) is 4.95. The van der Waals surface area contributed by atoms with E-state index < -0.39 is 23.9 Å². The zero-order valence-electron chi connectivity index (χ0n) is 14.6. The zero-order chi connectivity index (χ0) is 19.1. The Kier molecular flexibility index (Phi) is 4.46. The minimum atomic E-state index is -4.35. The summed E-state index contributed by atoms with van der Waals surface area (Å²) in [4.78, 5) is 11.3. The van der Waals surface area contributed by atoms with Crippen LogP contribution in [0.15, 0.2) is 42.5 Å². The number of amides is 1. The van der Waals surface area contributed by atoms with Crippen molar-refractivity contribution < 1.29 is 22.7 Å². The van der Waals surface area contributed by atoms with Crippen LogP contribution in [0.4, 0.5) is 18.0 Å². The monoisotopic (exact) mass is 363 g/mol. The number of hydrogen-bond donors (Lipinski definition) is 1. The van der Waals surface area contributed by atoms with Crippen molar-refractivity contribution in [2.75, 3.05) is 0 Å². The van der Waals surface area contributed by atoms with E-state index in [1.165, 1.54) is 12.1 Å². The minimum absolute atomic E-state index is 0.238. The highest BCUT2D eigenvalue weighted by molar-refractivity contribution is 5.67. The number of ether oxygens (including phenoxy) is 1. The number of primary amides is 1. The van der Waals surface area contributed by atoms with E-state index in [0.717, 1.165) is 41.7 Å². The lowest BCUT2D eigenvalue weighted by Crippen LogP contribution is -2.33. The van der Waals surface area contributed by atoms with Crippen molar-refractivity contribution in [3.63, 3.8) is 0 Å². The van der Waals surface area contributed by atoms with Crippen LogP contribution in [-0.4, -0.2) is 6.09 Å².